The normalized spacial score (nSPS) is 22.8. The predicted octanol–water partition coefficient (Wildman–Crippen LogP) is 4.29. The summed E-state index contributed by atoms with van der Waals surface area (Å²) in [5.41, 5.74) is 9.43. The summed E-state index contributed by atoms with van der Waals surface area (Å²) in [6, 6.07) is 10.2. The van der Waals surface area contributed by atoms with Gasteiger partial charge in [0.2, 0.25) is 5.91 Å². The first kappa shape index (κ1) is 20.2. The van der Waals surface area contributed by atoms with Gasteiger partial charge in [0.25, 0.3) is 0 Å². The number of ether oxygens (including phenoxy) is 1. The van der Waals surface area contributed by atoms with Crippen molar-refractivity contribution in [2.75, 3.05) is 13.7 Å². The Bertz CT molecular complexity index is 1220. The highest BCUT2D eigenvalue weighted by Gasteiger charge is 2.48. The van der Waals surface area contributed by atoms with E-state index in [1.54, 1.807) is 24.6 Å². The van der Waals surface area contributed by atoms with Crippen LogP contribution in [-0.2, 0) is 16.8 Å². The lowest BCUT2D eigenvalue weighted by atomic mass is 9.77. The Hall–Kier alpha value is -2.71. The smallest absolute Gasteiger partial charge is 0.239 e. The van der Waals surface area contributed by atoms with E-state index in [4.69, 9.17) is 15.5 Å². The average molecular weight is 497 g/mol. The number of thiophene rings is 1. The minimum absolute atomic E-state index is 0.0768. The van der Waals surface area contributed by atoms with Gasteiger partial charge in [-0.1, -0.05) is 12.1 Å². The fraction of sp³-hybridized carbons (Fsp3) is 0.261. The molecule has 2 atom stereocenters. The summed E-state index contributed by atoms with van der Waals surface area (Å²) in [5, 5.41) is 2.07. The molecule has 0 radical (unpaired) electrons. The van der Waals surface area contributed by atoms with E-state index in [0.29, 0.717) is 6.61 Å². The molecule has 2 aliphatic rings. The Kier molecular flexibility index (Phi) is 4.86. The van der Waals surface area contributed by atoms with E-state index >= 15 is 0 Å². The third kappa shape index (κ3) is 3.34. The molecule has 0 spiro atoms. The Morgan fingerprint density at radius 3 is 2.90 bits per heavy atom. The number of carbonyl (C=O) groups is 1. The Morgan fingerprint density at radius 1 is 1.26 bits per heavy atom. The highest BCUT2D eigenvalue weighted by atomic mass is 79.9. The summed E-state index contributed by atoms with van der Waals surface area (Å²) in [7, 11) is 1.67. The number of aromatic nitrogens is 1. The zero-order valence-electron chi connectivity index (χ0n) is 17.1. The van der Waals surface area contributed by atoms with E-state index in [1.807, 2.05) is 31.3 Å². The van der Waals surface area contributed by atoms with E-state index in [2.05, 4.69) is 38.4 Å². The third-order valence-electron chi connectivity index (χ3n) is 6.02. The third-order valence-corrected chi connectivity index (χ3v) is 7.61. The molecule has 8 heteroatoms. The van der Waals surface area contributed by atoms with Gasteiger partial charge in [0.15, 0.2) is 5.96 Å². The molecule has 1 amide bonds. The number of halogens is 1. The molecule has 5 rings (SSSR count). The summed E-state index contributed by atoms with van der Waals surface area (Å²) < 4.78 is 6.68. The van der Waals surface area contributed by atoms with Crippen molar-refractivity contribution in [2.24, 2.45) is 10.7 Å². The summed E-state index contributed by atoms with van der Waals surface area (Å²) in [6.45, 7) is 2.66. The van der Waals surface area contributed by atoms with Crippen LogP contribution in [-0.4, -0.2) is 35.4 Å². The summed E-state index contributed by atoms with van der Waals surface area (Å²) >= 11 is 5.06. The van der Waals surface area contributed by atoms with E-state index < -0.39 is 11.5 Å². The zero-order chi connectivity index (χ0) is 21.8. The van der Waals surface area contributed by atoms with Crippen LogP contribution >= 0.6 is 27.3 Å². The maximum Gasteiger partial charge on any atom is 0.239 e. The lowest BCUT2D eigenvalue weighted by Crippen LogP contribution is -2.52. The highest BCUT2D eigenvalue weighted by Crippen LogP contribution is 2.48. The largest absolute Gasteiger partial charge is 0.493 e. The number of benzene rings is 1. The molecule has 0 aliphatic carbocycles. The maximum absolute atomic E-state index is 13.5. The molecule has 2 aliphatic heterocycles. The van der Waals surface area contributed by atoms with Crippen LogP contribution in [0.25, 0.3) is 11.1 Å². The lowest BCUT2D eigenvalue weighted by molar-refractivity contribution is -0.130. The molecule has 0 unspecified atom stereocenters. The van der Waals surface area contributed by atoms with Gasteiger partial charge in [-0.2, -0.15) is 0 Å². The molecule has 31 heavy (non-hydrogen) atoms. The molecule has 158 valence electrons. The van der Waals surface area contributed by atoms with Crippen LogP contribution in [0.5, 0.6) is 5.75 Å². The van der Waals surface area contributed by atoms with Gasteiger partial charge in [-0.15, -0.1) is 11.3 Å². The zero-order valence-corrected chi connectivity index (χ0v) is 19.5. The quantitative estimate of drug-likeness (QED) is 0.586. The highest BCUT2D eigenvalue weighted by molar-refractivity contribution is 9.10. The molecule has 0 fully saturated rings. The van der Waals surface area contributed by atoms with Crippen molar-refractivity contribution in [1.29, 1.82) is 0 Å². The first-order chi connectivity index (χ1) is 14.9. The monoisotopic (exact) mass is 496 g/mol. The van der Waals surface area contributed by atoms with Gasteiger partial charge in [0.05, 0.1) is 12.5 Å². The molecule has 6 nitrogen and oxygen atoms in total. The van der Waals surface area contributed by atoms with Crippen LogP contribution < -0.4 is 10.5 Å². The van der Waals surface area contributed by atoms with Crippen molar-refractivity contribution < 1.29 is 9.53 Å². The first-order valence-corrected chi connectivity index (χ1v) is 11.6. The van der Waals surface area contributed by atoms with Crippen molar-refractivity contribution in [3.63, 3.8) is 0 Å². The number of hydrogen-bond acceptors (Lipinski definition) is 6. The number of carbonyl (C=O) groups excluding carboxylic acids is 1. The Labute approximate surface area is 192 Å². The van der Waals surface area contributed by atoms with Crippen LogP contribution in [0.4, 0.5) is 0 Å². The fourth-order valence-corrected chi connectivity index (χ4v) is 5.69. The second-order valence-corrected chi connectivity index (χ2v) is 9.83. The fourth-order valence-electron chi connectivity index (χ4n) is 4.27. The second kappa shape index (κ2) is 7.46. The number of rotatable bonds is 3. The van der Waals surface area contributed by atoms with Crippen molar-refractivity contribution in [2.45, 2.75) is 24.8 Å². The van der Waals surface area contributed by atoms with Gasteiger partial charge in [-0.3, -0.25) is 14.7 Å². The van der Waals surface area contributed by atoms with Gasteiger partial charge >= 0.3 is 0 Å². The molecular formula is C23H21BrN4O2S. The first-order valence-electron chi connectivity index (χ1n) is 9.95. The minimum atomic E-state index is -0.830. The van der Waals surface area contributed by atoms with Crippen LogP contribution in [0, 0.1) is 0 Å². The molecular weight excluding hydrogens is 476 g/mol. The number of amides is 1. The van der Waals surface area contributed by atoms with Gasteiger partial charge in [0.1, 0.15) is 11.3 Å². The predicted molar refractivity (Wildman–Crippen MR) is 125 cm³/mol. The number of fused-ring (bicyclic) bond motifs is 1. The SMILES string of the molecule is CN1C(=O)[C@H](c2ccc3c(c2)OCC3)[C@@](C)(c2cc(-c3cncc(Br)c3)cs2)N=C1N. The standard InChI is InChI=1S/C23H21BrN4O2S/c1-23(19-9-16(12-31-19)15-7-17(24)11-26-10-15)20(21(29)28(2)22(25)27-23)14-4-3-13-5-6-30-18(13)8-14/h3-4,7-12,20H,5-6H2,1-2H3,(H2,25,27)/t20-,23+/m0/s1. The number of likely N-dealkylation sites (N-methyl/N-ethyl adjacent to an activating group) is 1. The Balaban J connectivity index is 1.63. The van der Waals surface area contributed by atoms with Crippen LogP contribution in [0.1, 0.15) is 28.8 Å². The number of nitrogens with zero attached hydrogens (tertiary/aromatic N) is 3. The van der Waals surface area contributed by atoms with Crippen molar-refractivity contribution >= 4 is 39.1 Å². The number of guanidine groups is 1. The molecule has 2 aromatic heterocycles. The van der Waals surface area contributed by atoms with Crippen molar-refractivity contribution in [1.82, 2.24) is 9.88 Å². The Morgan fingerprint density at radius 2 is 2.10 bits per heavy atom. The molecule has 0 bridgehead atoms. The van der Waals surface area contributed by atoms with Crippen LogP contribution in [0.3, 0.4) is 0 Å². The summed E-state index contributed by atoms with van der Waals surface area (Å²) in [4.78, 5) is 25.0. The summed E-state index contributed by atoms with van der Waals surface area (Å²) in [5.74, 6) is 0.489. The number of hydrogen-bond donors (Lipinski definition) is 1. The summed E-state index contributed by atoms with van der Waals surface area (Å²) in [6.07, 6.45) is 4.47. The number of aliphatic imine (C=N–C) groups is 1. The molecule has 0 saturated heterocycles. The topological polar surface area (TPSA) is 80.8 Å². The maximum atomic E-state index is 13.5. The average Bonchev–Trinajstić information content (AvgIpc) is 3.42. The lowest BCUT2D eigenvalue weighted by Gasteiger charge is -2.40. The van der Waals surface area contributed by atoms with Crippen LogP contribution in [0.15, 0.2) is 57.6 Å². The second-order valence-electron chi connectivity index (χ2n) is 8.00. The minimum Gasteiger partial charge on any atom is -0.493 e. The van der Waals surface area contributed by atoms with E-state index in [0.717, 1.165) is 38.2 Å². The van der Waals surface area contributed by atoms with Gasteiger partial charge in [0, 0.05) is 40.8 Å². The van der Waals surface area contributed by atoms with E-state index in [9.17, 15) is 4.79 Å². The van der Waals surface area contributed by atoms with Gasteiger partial charge in [-0.25, -0.2) is 4.99 Å². The number of nitrogens with two attached hydrogens (primary N) is 1. The van der Waals surface area contributed by atoms with Crippen molar-refractivity contribution in [3.05, 3.63) is 68.6 Å². The number of pyridine rings is 1. The molecule has 4 heterocycles. The molecule has 2 N–H and O–H groups in total. The molecule has 1 aromatic carbocycles. The van der Waals surface area contributed by atoms with E-state index in [-0.39, 0.29) is 11.9 Å². The molecule has 3 aromatic rings. The molecule has 0 saturated carbocycles. The van der Waals surface area contributed by atoms with Gasteiger partial charge in [-0.05, 0) is 63.1 Å². The van der Waals surface area contributed by atoms with Crippen molar-refractivity contribution in [3.8, 4) is 16.9 Å². The van der Waals surface area contributed by atoms with Gasteiger partial charge < -0.3 is 10.5 Å². The van der Waals surface area contributed by atoms with Crippen LogP contribution in [0.2, 0.25) is 0 Å². The van der Waals surface area contributed by atoms with E-state index in [1.165, 1.54) is 10.5 Å².